The number of hydrogen-bond acceptors (Lipinski definition) is 0. The first kappa shape index (κ1) is 15.5. The molecule has 0 spiro atoms. The van der Waals surface area contributed by atoms with Crippen LogP contribution in [0.4, 0.5) is 0 Å². The first-order valence-corrected chi connectivity index (χ1v) is 8.62. The van der Waals surface area contributed by atoms with E-state index in [-0.39, 0.29) is 0 Å². The number of fused-ring (bicyclic) bond motifs is 1. The molecular formula is C24H21N. The Morgan fingerprint density at radius 1 is 0.720 bits per heavy atom. The zero-order chi connectivity index (χ0) is 17.2. The lowest BCUT2D eigenvalue weighted by molar-refractivity contribution is 1.17. The summed E-state index contributed by atoms with van der Waals surface area (Å²) in [5.41, 5.74) is 7.38. The highest BCUT2D eigenvalue weighted by atomic mass is 15.0. The topological polar surface area (TPSA) is 4.93 Å². The number of rotatable bonds is 3. The van der Waals surface area contributed by atoms with Gasteiger partial charge in [0.2, 0.25) is 0 Å². The summed E-state index contributed by atoms with van der Waals surface area (Å²) in [5.74, 6) is 0. The van der Waals surface area contributed by atoms with E-state index in [1.165, 1.54) is 38.9 Å². The van der Waals surface area contributed by atoms with Gasteiger partial charge in [-0.2, -0.15) is 0 Å². The maximum Gasteiger partial charge on any atom is 0.0534 e. The highest BCUT2D eigenvalue weighted by molar-refractivity contribution is 5.90. The quantitative estimate of drug-likeness (QED) is 0.390. The predicted octanol–water partition coefficient (Wildman–Crippen LogP) is 6.30. The summed E-state index contributed by atoms with van der Waals surface area (Å²) < 4.78 is 2.28. The van der Waals surface area contributed by atoms with E-state index < -0.39 is 0 Å². The molecule has 0 aliphatic heterocycles. The van der Waals surface area contributed by atoms with Crippen molar-refractivity contribution >= 4 is 22.7 Å². The van der Waals surface area contributed by atoms with Gasteiger partial charge in [0.1, 0.15) is 0 Å². The minimum Gasteiger partial charge on any atom is -0.316 e. The Bertz CT molecular complexity index is 1030. The molecule has 0 aliphatic rings. The van der Waals surface area contributed by atoms with Crippen LogP contribution in [0.15, 0.2) is 85.1 Å². The molecule has 0 saturated carbocycles. The molecule has 4 rings (SSSR count). The molecule has 0 aliphatic carbocycles. The molecule has 0 fully saturated rings. The first-order chi connectivity index (χ1) is 12.2. The third kappa shape index (κ3) is 3.14. The number of nitrogens with zero attached hydrogens (tertiary/aromatic N) is 1. The number of para-hydroxylation sites is 1. The van der Waals surface area contributed by atoms with E-state index in [1.807, 2.05) is 0 Å². The number of aryl methyl sites for hydroxylation is 2. The standard InChI is InChI=1S/C24H21N/c1-18-7-11-20(12-8-18)17-24(22-13-9-19(2)10-14-22)25-16-15-21-5-3-4-6-23(21)25/h3-17H,1-2H3/b24-17+. The van der Waals surface area contributed by atoms with Crippen LogP contribution in [0.1, 0.15) is 22.3 Å². The van der Waals surface area contributed by atoms with Gasteiger partial charge >= 0.3 is 0 Å². The van der Waals surface area contributed by atoms with Crippen molar-refractivity contribution < 1.29 is 0 Å². The van der Waals surface area contributed by atoms with Gasteiger partial charge in [-0.1, -0.05) is 77.9 Å². The van der Waals surface area contributed by atoms with E-state index in [1.54, 1.807) is 0 Å². The molecule has 1 heteroatoms. The van der Waals surface area contributed by atoms with Crippen LogP contribution >= 0.6 is 0 Å². The van der Waals surface area contributed by atoms with Crippen molar-refractivity contribution in [1.29, 1.82) is 0 Å². The SMILES string of the molecule is Cc1ccc(/C=C(\c2ccc(C)cc2)n2ccc3ccccc32)cc1. The molecule has 0 N–H and O–H groups in total. The van der Waals surface area contributed by atoms with E-state index in [4.69, 9.17) is 0 Å². The molecular weight excluding hydrogens is 302 g/mol. The van der Waals surface area contributed by atoms with Crippen molar-refractivity contribution in [2.24, 2.45) is 0 Å². The van der Waals surface area contributed by atoms with Gasteiger partial charge in [-0.15, -0.1) is 0 Å². The van der Waals surface area contributed by atoms with E-state index >= 15 is 0 Å². The Morgan fingerprint density at radius 3 is 2.08 bits per heavy atom. The zero-order valence-corrected chi connectivity index (χ0v) is 14.6. The van der Waals surface area contributed by atoms with Crippen molar-refractivity contribution in [3.63, 3.8) is 0 Å². The minimum absolute atomic E-state index is 1.19. The average molecular weight is 323 g/mol. The monoisotopic (exact) mass is 323 g/mol. The van der Waals surface area contributed by atoms with Crippen LogP contribution < -0.4 is 0 Å². The fourth-order valence-electron chi connectivity index (χ4n) is 3.13. The van der Waals surface area contributed by atoms with Gasteiger partial charge in [-0.3, -0.25) is 0 Å². The largest absolute Gasteiger partial charge is 0.316 e. The van der Waals surface area contributed by atoms with Crippen molar-refractivity contribution in [2.45, 2.75) is 13.8 Å². The van der Waals surface area contributed by atoms with Gasteiger partial charge in [-0.25, -0.2) is 0 Å². The van der Waals surface area contributed by atoms with Gasteiger partial charge in [0, 0.05) is 6.20 Å². The second-order valence-electron chi connectivity index (χ2n) is 6.55. The number of hydrogen-bond donors (Lipinski definition) is 0. The Kier molecular flexibility index (Phi) is 3.99. The fourth-order valence-corrected chi connectivity index (χ4v) is 3.13. The lowest BCUT2D eigenvalue weighted by Crippen LogP contribution is -1.97. The van der Waals surface area contributed by atoms with Crippen LogP contribution in [0.3, 0.4) is 0 Å². The molecule has 0 bridgehead atoms. The van der Waals surface area contributed by atoms with E-state index in [9.17, 15) is 0 Å². The molecule has 25 heavy (non-hydrogen) atoms. The molecule has 122 valence electrons. The third-order valence-corrected chi connectivity index (χ3v) is 4.59. The van der Waals surface area contributed by atoms with Gasteiger partial charge < -0.3 is 4.57 Å². The van der Waals surface area contributed by atoms with Crippen molar-refractivity contribution in [3.8, 4) is 0 Å². The third-order valence-electron chi connectivity index (χ3n) is 4.59. The fraction of sp³-hybridized carbons (Fsp3) is 0.0833. The summed E-state index contributed by atoms with van der Waals surface area (Å²) in [5, 5.41) is 1.25. The molecule has 0 amide bonds. The molecule has 1 nitrogen and oxygen atoms in total. The van der Waals surface area contributed by atoms with Gasteiger partial charge in [-0.05, 0) is 48.6 Å². The Hall–Kier alpha value is -3.06. The lowest BCUT2D eigenvalue weighted by Gasteiger charge is -2.13. The molecule has 0 atom stereocenters. The summed E-state index contributed by atoms with van der Waals surface area (Å²) in [6, 6.07) is 28.1. The van der Waals surface area contributed by atoms with Crippen molar-refractivity contribution in [2.75, 3.05) is 0 Å². The van der Waals surface area contributed by atoms with Gasteiger partial charge in [0.25, 0.3) is 0 Å². The highest BCUT2D eigenvalue weighted by Gasteiger charge is 2.08. The Balaban J connectivity index is 1.92. The molecule has 1 heterocycles. The number of benzene rings is 3. The molecule has 1 aromatic heterocycles. The summed E-state index contributed by atoms with van der Waals surface area (Å²) >= 11 is 0. The zero-order valence-electron chi connectivity index (χ0n) is 14.6. The van der Waals surface area contributed by atoms with Crippen molar-refractivity contribution in [1.82, 2.24) is 4.57 Å². The van der Waals surface area contributed by atoms with Gasteiger partial charge in [0.05, 0.1) is 11.2 Å². The average Bonchev–Trinajstić information content (AvgIpc) is 3.06. The number of aromatic nitrogens is 1. The van der Waals surface area contributed by atoms with E-state index in [0.29, 0.717) is 0 Å². The van der Waals surface area contributed by atoms with Gasteiger partial charge in [0.15, 0.2) is 0 Å². The molecule has 0 radical (unpaired) electrons. The van der Waals surface area contributed by atoms with E-state index in [2.05, 4.69) is 110 Å². The minimum atomic E-state index is 1.19. The second-order valence-corrected chi connectivity index (χ2v) is 6.55. The van der Waals surface area contributed by atoms with Crippen LogP contribution in [-0.2, 0) is 0 Å². The van der Waals surface area contributed by atoms with Crippen LogP contribution in [-0.4, -0.2) is 4.57 Å². The van der Waals surface area contributed by atoms with Crippen molar-refractivity contribution in [3.05, 3.63) is 107 Å². The Labute approximate surface area is 148 Å². The highest BCUT2D eigenvalue weighted by Crippen LogP contribution is 2.26. The normalized spacial score (nSPS) is 11.8. The summed E-state index contributed by atoms with van der Waals surface area (Å²) in [6.07, 6.45) is 4.42. The molecule has 0 saturated heterocycles. The second kappa shape index (κ2) is 6.45. The lowest BCUT2D eigenvalue weighted by atomic mass is 10.1. The van der Waals surface area contributed by atoms with Crippen LogP contribution in [0.25, 0.3) is 22.7 Å². The molecule has 0 unspecified atom stereocenters. The smallest absolute Gasteiger partial charge is 0.0534 e. The van der Waals surface area contributed by atoms with E-state index in [0.717, 1.165) is 0 Å². The van der Waals surface area contributed by atoms with Crippen LogP contribution in [0, 0.1) is 13.8 Å². The predicted molar refractivity (Wildman–Crippen MR) is 108 cm³/mol. The molecule has 4 aromatic rings. The maximum atomic E-state index is 2.28. The summed E-state index contributed by atoms with van der Waals surface area (Å²) in [7, 11) is 0. The summed E-state index contributed by atoms with van der Waals surface area (Å²) in [6.45, 7) is 4.24. The molecule has 3 aromatic carbocycles. The maximum absolute atomic E-state index is 2.28. The van der Waals surface area contributed by atoms with Crippen LogP contribution in [0.2, 0.25) is 0 Å². The first-order valence-electron chi connectivity index (χ1n) is 8.62. The summed E-state index contributed by atoms with van der Waals surface area (Å²) in [4.78, 5) is 0. The Morgan fingerprint density at radius 2 is 1.36 bits per heavy atom. The van der Waals surface area contributed by atoms with Crippen LogP contribution in [0.5, 0.6) is 0 Å².